The fraction of sp³-hybridized carbons (Fsp3) is 0.136. The summed E-state index contributed by atoms with van der Waals surface area (Å²) in [4.78, 5) is 12.5. The lowest BCUT2D eigenvalue weighted by molar-refractivity contribution is -0.137. The molecule has 0 radical (unpaired) electrons. The summed E-state index contributed by atoms with van der Waals surface area (Å²) in [6.07, 6.45) is -1.13. The average Bonchev–Trinajstić information content (AvgIpc) is 3.07. The maximum atomic E-state index is 12.9. The highest BCUT2D eigenvalue weighted by molar-refractivity contribution is 6.10. The van der Waals surface area contributed by atoms with E-state index < -0.39 is 17.6 Å². The van der Waals surface area contributed by atoms with E-state index in [0.29, 0.717) is 18.5 Å². The summed E-state index contributed by atoms with van der Waals surface area (Å²) in [7, 11) is 0. The first-order valence-corrected chi connectivity index (χ1v) is 8.88. The molecule has 0 bridgehead atoms. The van der Waals surface area contributed by atoms with Crippen LogP contribution < -0.4 is 5.32 Å². The van der Waals surface area contributed by atoms with Gasteiger partial charge in [0.15, 0.2) is 0 Å². The van der Waals surface area contributed by atoms with Crippen LogP contribution in [0.25, 0.3) is 17.0 Å². The zero-order chi connectivity index (χ0) is 21.7. The number of rotatable bonds is 5. The highest BCUT2D eigenvalue weighted by atomic mass is 19.4. The normalized spacial score (nSPS) is 11.7. The Bertz CT molecular complexity index is 1210. The van der Waals surface area contributed by atoms with Crippen LogP contribution in [-0.4, -0.2) is 10.5 Å². The minimum absolute atomic E-state index is 0.0626. The van der Waals surface area contributed by atoms with E-state index in [-0.39, 0.29) is 11.3 Å². The van der Waals surface area contributed by atoms with Crippen molar-refractivity contribution in [2.45, 2.75) is 19.1 Å². The third kappa shape index (κ3) is 4.50. The van der Waals surface area contributed by atoms with E-state index in [1.165, 1.54) is 18.2 Å². The smallest absolute Gasteiger partial charge is 0.346 e. The molecule has 2 aromatic carbocycles. The molecule has 1 N–H and O–H groups in total. The van der Waals surface area contributed by atoms with Gasteiger partial charge in [0.1, 0.15) is 11.6 Å². The van der Waals surface area contributed by atoms with Crippen LogP contribution in [0.15, 0.2) is 60.3 Å². The van der Waals surface area contributed by atoms with Crippen molar-refractivity contribution in [2.75, 3.05) is 5.32 Å². The Kier molecular flexibility index (Phi) is 5.89. The lowest BCUT2D eigenvalue weighted by Gasteiger charge is -2.09. The lowest BCUT2D eigenvalue weighted by atomic mass is 10.1. The van der Waals surface area contributed by atoms with Crippen molar-refractivity contribution < 1.29 is 18.0 Å². The van der Waals surface area contributed by atoms with Crippen molar-refractivity contribution in [1.82, 2.24) is 4.57 Å². The number of halogens is 3. The van der Waals surface area contributed by atoms with Gasteiger partial charge in [-0.1, -0.05) is 24.3 Å². The molecule has 0 fully saturated rings. The minimum Gasteiger partial charge on any atom is -0.346 e. The van der Waals surface area contributed by atoms with Crippen LogP contribution in [-0.2, 0) is 17.5 Å². The lowest BCUT2D eigenvalue weighted by Crippen LogP contribution is -2.14. The topological polar surface area (TPSA) is 81.6 Å². The molecule has 8 heteroatoms. The second-order valence-corrected chi connectivity index (χ2v) is 6.41. The number of para-hydroxylation sites is 1. The van der Waals surface area contributed by atoms with Crippen LogP contribution in [0, 0.1) is 22.7 Å². The van der Waals surface area contributed by atoms with Crippen LogP contribution in [0.2, 0.25) is 0 Å². The number of fused-ring (bicyclic) bond motifs is 1. The summed E-state index contributed by atoms with van der Waals surface area (Å²) in [5, 5.41) is 21.4. The van der Waals surface area contributed by atoms with Crippen molar-refractivity contribution in [1.29, 1.82) is 10.5 Å². The van der Waals surface area contributed by atoms with Crippen molar-refractivity contribution in [3.05, 3.63) is 71.4 Å². The number of aryl methyl sites for hydroxylation is 1. The molecule has 3 rings (SSSR count). The van der Waals surface area contributed by atoms with Gasteiger partial charge in [-0.25, -0.2) is 0 Å². The number of nitriles is 2. The van der Waals surface area contributed by atoms with E-state index in [1.54, 1.807) is 12.3 Å². The fourth-order valence-corrected chi connectivity index (χ4v) is 3.02. The Labute approximate surface area is 170 Å². The van der Waals surface area contributed by atoms with Crippen LogP contribution in [0.3, 0.4) is 0 Å². The van der Waals surface area contributed by atoms with Crippen LogP contribution in [0.1, 0.15) is 17.5 Å². The van der Waals surface area contributed by atoms with E-state index in [4.69, 9.17) is 5.26 Å². The van der Waals surface area contributed by atoms with Gasteiger partial charge in [-0.3, -0.25) is 4.79 Å². The summed E-state index contributed by atoms with van der Waals surface area (Å²) >= 11 is 0. The van der Waals surface area contributed by atoms with Crippen LogP contribution in [0.5, 0.6) is 0 Å². The standard InChI is InChI=1S/C22H15F3N4O/c23-22(24,25)17-5-3-6-18(12-17)28-21(30)15(13-27)11-16-14-29(10-4-9-26)20-8-2-1-7-19(16)20/h1-3,5-8,11-12,14H,4,10H2,(H,28,30)/b15-11+. The highest BCUT2D eigenvalue weighted by Gasteiger charge is 2.30. The van der Waals surface area contributed by atoms with Crippen LogP contribution in [0.4, 0.5) is 18.9 Å². The number of nitrogens with zero attached hydrogens (tertiary/aromatic N) is 3. The van der Waals surface area contributed by atoms with Gasteiger partial charge in [-0.05, 0) is 30.3 Å². The average molecular weight is 408 g/mol. The molecule has 0 unspecified atom stereocenters. The number of nitrogens with one attached hydrogen (secondary N) is 1. The van der Waals surface area contributed by atoms with E-state index >= 15 is 0 Å². The molecule has 1 aromatic heterocycles. The predicted octanol–water partition coefficient (Wildman–Crippen LogP) is 5.12. The number of hydrogen-bond donors (Lipinski definition) is 1. The molecule has 30 heavy (non-hydrogen) atoms. The molecule has 0 atom stereocenters. The summed E-state index contributed by atoms with van der Waals surface area (Å²) < 4.78 is 40.4. The number of carbonyl (C=O) groups excluding carboxylic acids is 1. The molecule has 1 amide bonds. The van der Waals surface area contributed by atoms with Gasteiger partial charge in [0.05, 0.1) is 18.1 Å². The Balaban J connectivity index is 1.92. The SMILES string of the molecule is N#CCCn1cc(/C=C(\C#N)C(=O)Nc2cccc(C(F)(F)F)c2)c2ccccc21. The molecular weight excluding hydrogens is 393 g/mol. The summed E-state index contributed by atoms with van der Waals surface area (Å²) in [5.41, 5.74) is 0.222. The Morgan fingerprint density at radius 1 is 1.13 bits per heavy atom. The molecule has 5 nitrogen and oxygen atoms in total. The number of hydrogen-bond acceptors (Lipinski definition) is 3. The predicted molar refractivity (Wildman–Crippen MR) is 106 cm³/mol. The highest BCUT2D eigenvalue weighted by Crippen LogP contribution is 2.31. The first-order valence-electron chi connectivity index (χ1n) is 8.88. The van der Waals surface area contributed by atoms with E-state index in [0.717, 1.165) is 23.0 Å². The molecule has 0 aliphatic heterocycles. The number of anilines is 1. The molecular formula is C22H15F3N4O. The zero-order valence-corrected chi connectivity index (χ0v) is 15.6. The molecule has 3 aromatic rings. The molecule has 0 spiro atoms. The quantitative estimate of drug-likeness (QED) is 0.470. The van der Waals surface area contributed by atoms with Crippen molar-refractivity contribution >= 4 is 28.6 Å². The zero-order valence-electron chi connectivity index (χ0n) is 15.6. The monoisotopic (exact) mass is 408 g/mol. The first kappa shape index (κ1) is 20.7. The van der Waals surface area contributed by atoms with E-state index in [2.05, 4.69) is 11.4 Å². The van der Waals surface area contributed by atoms with Gasteiger partial charge >= 0.3 is 6.18 Å². The second kappa shape index (κ2) is 8.54. The van der Waals surface area contributed by atoms with E-state index in [1.807, 2.05) is 28.8 Å². The number of benzene rings is 2. The summed E-state index contributed by atoms with van der Waals surface area (Å²) in [5.74, 6) is -0.814. The van der Waals surface area contributed by atoms with Gasteiger partial charge < -0.3 is 9.88 Å². The van der Waals surface area contributed by atoms with Crippen LogP contribution >= 0.6 is 0 Å². The van der Waals surface area contributed by atoms with Gasteiger partial charge in [-0.15, -0.1) is 0 Å². The molecule has 0 saturated carbocycles. The number of alkyl halides is 3. The third-order valence-corrected chi connectivity index (χ3v) is 4.40. The summed E-state index contributed by atoms with van der Waals surface area (Å²) in [6, 6.07) is 15.4. The fourth-order valence-electron chi connectivity index (χ4n) is 3.02. The van der Waals surface area contributed by atoms with Crippen molar-refractivity contribution in [2.24, 2.45) is 0 Å². The van der Waals surface area contributed by atoms with Gasteiger partial charge in [0, 0.05) is 34.9 Å². The Morgan fingerprint density at radius 3 is 2.60 bits per heavy atom. The Morgan fingerprint density at radius 2 is 1.90 bits per heavy atom. The second-order valence-electron chi connectivity index (χ2n) is 6.41. The maximum Gasteiger partial charge on any atom is 0.416 e. The van der Waals surface area contributed by atoms with Crippen molar-refractivity contribution in [3.63, 3.8) is 0 Å². The number of aromatic nitrogens is 1. The third-order valence-electron chi connectivity index (χ3n) is 4.40. The van der Waals surface area contributed by atoms with Crippen molar-refractivity contribution in [3.8, 4) is 12.1 Å². The largest absolute Gasteiger partial charge is 0.416 e. The van der Waals surface area contributed by atoms with Gasteiger partial charge in [0.2, 0.25) is 0 Å². The molecule has 0 saturated heterocycles. The first-order chi connectivity index (χ1) is 14.3. The van der Waals surface area contributed by atoms with Gasteiger partial charge in [-0.2, -0.15) is 23.7 Å². The molecule has 0 aliphatic rings. The number of carbonyl (C=O) groups is 1. The van der Waals surface area contributed by atoms with Gasteiger partial charge in [0.25, 0.3) is 5.91 Å². The summed E-state index contributed by atoms with van der Waals surface area (Å²) in [6.45, 7) is 0.448. The molecule has 1 heterocycles. The molecule has 150 valence electrons. The minimum atomic E-state index is -4.54. The number of amides is 1. The molecule has 0 aliphatic carbocycles. The maximum absolute atomic E-state index is 12.9. The van der Waals surface area contributed by atoms with E-state index in [9.17, 15) is 23.2 Å². The Hall–Kier alpha value is -4.04.